The van der Waals surface area contributed by atoms with Gasteiger partial charge in [0.2, 0.25) is 0 Å². The lowest BCUT2D eigenvalue weighted by Crippen LogP contribution is -2.06. The molecule has 0 rings (SSSR count). The second kappa shape index (κ2) is 21.8. The fraction of sp³-hybridized carbons (Fsp3) is 0.500. The van der Waals surface area contributed by atoms with Crippen LogP contribution in [0.5, 0.6) is 0 Å². The first-order valence-corrected chi connectivity index (χ1v) is 11.0. The molecule has 0 radical (unpaired) electrons. The molecule has 0 aromatic carbocycles. The van der Waals surface area contributed by atoms with Crippen LogP contribution in [0, 0.1) is 0 Å². The predicted molar refractivity (Wildman–Crippen MR) is 122 cm³/mol. The molecular formula is C24H38OS. The largest absolute Gasteiger partial charge is 0.395 e. The van der Waals surface area contributed by atoms with E-state index in [1.54, 1.807) is 0 Å². The molecule has 2 heteroatoms. The van der Waals surface area contributed by atoms with Crippen molar-refractivity contribution in [2.24, 2.45) is 0 Å². The summed E-state index contributed by atoms with van der Waals surface area (Å²) in [5.74, 6) is 1.06. The quantitative estimate of drug-likeness (QED) is 0.288. The Balaban J connectivity index is 3.61. The van der Waals surface area contributed by atoms with Gasteiger partial charge in [-0.25, -0.2) is 0 Å². The van der Waals surface area contributed by atoms with Gasteiger partial charge in [-0.05, 0) is 50.7 Å². The molecule has 0 fully saturated rings. The number of hydrogen-bond acceptors (Lipinski definition) is 2. The van der Waals surface area contributed by atoms with Gasteiger partial charge in [-0.3, -0.25) is 0 Å². The minimum absolute atomic E-state index is 0.268. The second-order valence-electron chi connectivity index (χ2n) is 5.91. The minimum Gasteiger partial charge on any atom is -0.395 e. The molecular weight excluding hydrogens is 336 g/mol. The number of hydrogen-bond donors (Lipinski definition) is 1. The zero-order chi connectivity index (χ0) is 19.1. The number of allylic oxidation sites excluding steroid dienone is 12. The summed E-state index contributed by atoms with van der Waals surface area (Å²) in [6.07, 6.45) is 33.7. The molecule has 1 nitrogen and oxygen atoms in total. The van der Waals surface area contributed by atoms with Gasteiger partial charge < -0.3 is 5.11 Å². The van der Waals surface area contributed by atoms with Crippen LogP contribution in [0.2, 0.25) is 0 Å². The van der Waals surface area contributed by atoms with Gasteiger partial charge in [-0.1, -0.05) is 86.8 Å². The smallest absolute Gasteiger partial charge is 0.0553 e. The van der Waals surface area contributed by atoms with Gasteiger partial charge in [0.05, 0.1) is 6.61 Å². The number of aliphatic hydroxyl groups is 1. The van der Waals surface area contributed by atoms with Crippen molar-refractivity contribution in [1.29, 1.82) is 0 Å². The Hall–Kier alpha value is -1.25. The number of aliphatic hydroxyl groups excluding tert-OH is 1. The van der Waals surface area contributed by atoms with Gasteiger partial charge in [0.1, 0.15) is 0 Å². The first-order valence-electron chi connectivity index (χ1n) is 9.97. The molecule has 1 unspecified atom stereocenters. The van der Waals surface area contributed by atoms with E-state index < -0.39 is 0 Å². The van der Waals surface area contributed by atoms with Gasteiger partial charge in [0.15, 0.2) is 0 Å². The van der Waals surface area contributed by atoms with Crippen LogP contribution in [-0.4, -0.2) is 22.7 Å². The Morgan fingerprint density at radius 2 is 1.00 bits per heavy atom. The van der Waals surface area contributed by atoms with Crippen molar-refractivity contribution in [2.75, 3.05) is 12.4 Å². The van der Waals surface area contributed by atoms with Crippen molar-refractivity contribution >= 4 is 11.8 Å². The summed E-state index contributed by atoms with van der Waals surface area (Å²) in [6, 6.07) is 0. The van der Waals surface area contributed by atoms with Gasteiger partial charge in [-0.15, -0.1) is 0 Å². The van der Waals surface area contributed by atoms with Crippen LogP contribution >= 0.6 is 11.8 Å². The molecule has 0 amide bonds. The normalized spacial score (nSPS) is 14.4. The van der Waals surface area contributed by atoms with E-state index in [0.29, 0.717) is 5.25 Å². The Labute approximate surface area is 166 Å². The lowest BCUT2D eigenvalue weighted by atomic mass is 10.2. The SMILES string of the molecule is CCC=CCC=CCC=CCC=CCC=CCC=CCC(CO)SCC. The molecule has 0 aromatic rings. The van der Waals surface area contributed by atoms with Crippen molar-refractivity contribution in [3.63, 3.8) is 0 Å². The lowest BCUT2D eigenvalue weighted by Gasteiger charge is -2.08. The van der Waals surface area contributed by atoms with Crippen LogP contribution in [0.15, 0.2) is 72.9 Å². The van der Waals surface area contributed by atoms with Crippen LogP contribution < -0.4 is 0 Å². The maximum absolute atomic E-state index is 9.21. The molecule has 0 saturated carbocycles. The van der Waals surface area contributed by atoms with Crippen molar-refractivity contribution in [3.8, 4) is 0 Å². The topological polar surface area (TPSA) is 20.2 Å². The standard InChI is InChI=1S/C24H38OS/c1-3-5-6-7-8-9-10-11-12-13-14-15-16-17-18-19-20-21-22-24(23-25)26-4-2/h5-6,8-9,11-12,14-15,17-18,20-21,24-25H,3-4,7,10,13,16,19,22-23H2,1-2H3. The van der Waals surface area contributed by atoms with Gasteiger partial charge in [0.25, 0.3) is 0 Å². The molecule has 0 spiro atoms. The highest BCUT2D eigenvalue weighted by molar-refractivity contribution is 7.99. The van der Waals surface area contributed by atoms with Crippen molar-refractivity contribution in [3.05, 3.63) is 72.9 Å². The van der Waals surface area contributed by atoms with Crippen molar-refractivity contribution in [1.82, 2.24) is 0 Å². The predicted octanol–water partition coefficient (Wildman–Crippen LogP) is 7.19. The van der Waals surface area contributed by atoms with E-state index in [2.05, 4.69) is 86.8 Å². The summed E-state index contributed by atoms with van der Waals surface area (Å²) in [5, 5.41) is 9.57. The van der Waals surface area contributed by atoms with Gasteiger partial charge in [-0.2, -0.15) is 11.8 Å². The zero-order valence-electron chi connectivity index (χ0n) is 16.7. The summed E-state index contributed by atoms with van der Waals surface area (Å²) >= 11 is 1.83. The van der Waals surface area contributed by atoms with Crippen LogP contribution in [0.3, 0.4) is 0 Å². The highest BCUT2D eigenvalue weighted by Crippen LogP contribution is 2.14. The zero-order valence-corrected chi connectivity index (χ0v) is 17.5. The van der Waals surface area contributed by atoms with Gasteiger partial charge in [0, 0.05) is 5.25 Å². The third kappa shape index (κ3) is 19.1. The molecule has 26 heavy (non-hydrogen) atoms. The van der Waals surface area contributed by atoms with Crippen molar-refractivity contribution in [2.45, 2.75) is 64.0 Å². The van der Waals surface area contributed by atoms with Crippen LogP contribution in [0.25, 0.3) is 0 Å². The third-order valence-electron chi connectivity index (χ3n) is 3.60. The maximum Gasteiger partial charge on any atom is 0.0553 e. The fourth-order valence-corrected chi connectivity index (χ4v) is 3.02. The molecule has 1 N–H and O–H groups in total. The van der Waals surface area contributed by atoms with Crippen LogP contribution in [0.4, 0.5) is 0 Å². The molecule has 146 valence electrons. The second-order valence-corrected chi connectivity index (χ2v) is 7.49. The van der Waals surface area contributed by atoms with E-state index in [1.165, 1.54) is 0 Å². The molecule has 0 aliphatic rings. The summed E-state index contributed by atoms with van der Waals surface area (Å²) < 4.78 is 0. The van der Waals surface area contributed by atoms with Crippen LogP contribution in [-0.2, 0) is 0 Å². The molecule has 0 bridgehead atoms. The molecule has 0 aliphatic carbocycles. The van der Waals surface area contributed by atoms with E-state index in [0.717, 1.165) is 50.7 Å². The molecule has 1 atom stereocenters. The summed E-state index contributed by atoms with van der Waals surface area (Å²) in [5.41, 5.74) is 0. The molecule has 0 heterocycles. The first kappa shape index (κ1) is 24.8. The molecule has 0 saturated heterocycles. The molecule has 0 aliphatic heterocycles. The highest BCUT2D eigenvalue weighted by Gasteiger charge is 2.02. The summed E-state index contributed by atoms with van der Waals surface area (Å²) in [4.78, 5) is 0. The average Bonchev–Trinajstić information content (AvgIpc) is 2.66. The third-order valence-corrected chi connectivity index (χ3v) is 4.75. The van der Waals surface area contributed by atoms with E-state index in [1.807, 2.05) is 11.8 Å². The number of thioether (sulfide) groups is 1. The summed E-state index contributed by atoms with van der Waals surface area (Å²) in [7, 11) is 0. The van der Waals surface area contributed by atoms with E-state index in [9.17, 15) is 5.11 Å². The highest BCUT2D eigenvalue weighted by atomic mass is 32.2. The maximum atomic E-state index is 9.21. The Bertz CT molecular complexity index is 455. The Morgan fingerprint density at radius 3 is 1.35 bits per heavy atom. The van der Waals surface area contributed by atoms with E-state index in [-0.39, 0.29) is 6.61 Å². The van der Waals surface area contributed by atoms with Crippen molar-refractivity contribution < 1.29 is 5.11 Å². The molecule has 0 aromatic heterocycles. The Kier molecular flexibility index (Phi) is 20.7. The average molecular weight is 375 g/mol. The van der Waals surface area contributed by atoms with E-state index >= 15 is 0 Å². The van der Waals surface area contributed by atoms with Gasteiger partial charge >= 0.3 is 0 Å². The first-order chi connectivity index (χ1) is 12.8. The lowest BCUT2D eigenvalue weighted by molar-refractivity contribution is 0.295. The summed E-state index contributed by atoms with van der Waals surface area (Å²) in [6.45, 7) is 4.56. The number of rotatable bonds is 16. The van der Waals surface area contributed by atoms with Crippen LogP contribution in [0.1, 0.15) is 58.8 Å². The fourth-order valence-electron chi connectivity index (χ4n) is 2.20. The minimum atomic E-state index is 0.268. The monoisotopic (exact) mass is 374 g/mol. The van der Waals surface area contributed by atoms with E-state index in [4.69, 9.17) is 0 Å². The Morgan fingerprint density at radius 1 is 0.615 bits per heavy atom.